The first-order valence-corrected chi connectivity index (χ1v) is 5.26. The molecule has 0 spiro atoms. The summed E-state index contributed by atoms with van der Waals surface area (Å²) in [5, 5.41) is 0. The first-order valence-electron chi connectivity index (χ1n) is 5.26. The third-order valence-electron chi connectivity index (χ3n) is 2.04. The molecular formula is C12H15F2NO2. The third kappa shape index (κ3) is 4.91. The highest BCUT2D eigenvalue weighted by molar-refractivity contribution is 5.96. The molecule has 0 aliphatic rings. The molecule has 0 aliphatic carbocycles. The fourth-order valence-electron chi connectivity index (χ4n) is 1.22. The van der Waals surface area contributed by atoms with E-state index in [2.05, 4.69) is 0 Å². The van der Waals surface area contributed by atoms with Crippen LogP contribution in [0.4, 0.5) is 8.78 Å². The van der Waals surface area contributed by atoms with Gasteiger partial charge in [0, 0.05) is 18.9 Å². The highest BCUT2D eigenvalue weighted by Gasteiger charge is 2.21. The summed E-state index contributed by atoms with van der Waals surface area (Å²) >= 11 is 0. The molecule has 0 bridgehead atoms. The number of rotatable bonds is 6. The van der Waals surface area contributed by atoms with E-state index in [-0.39, 0.29) is 12.2 Å². The van der Waals surface area contributed by atoms with Gasteiger partial charge in [-0.2, -0.15) is 0 Å². The molecular weight excluding hydrogens is 228 g/mol. The van der Waals surface area contributed by atoms with Gasteiger partial charge in [-0.15, -0.1) is 0 Å². The van der Waals surface area contributed by atoms with Crippen molar-refractivity contribution in [3.63, 3.8) is 0 Å². The molecule has 94 valence electrons. The molecule has 0 heterocycles. The molecule has 5 heteroatoms. The molecule has 0 unspecified atom stereocenters. The molecule has 1 aromatic rings. The van der Waals surface area contributed by atoms with E-state index in [9.17, 15) is 13.6 Å². The largest absolute Gasteiger partial charge is 0.487 e. The van der Waals surface area contributed by atoms with Crippen LogP contribution < -0.4 is 10.5 Å². The number of benzene rings is 1. The molecule has 1 aromatic carbocycles. The summed E-state index contributed by atoms with van der Waals surface area (Å²) in [6.07, 6.45) is 0.271. The van der Waals surface area contributed by atoms with Crippen molar-refractivity contribution >= 4 is 5.78 Å². The average Bonchev–Trinajstić information content (AvgIpc) is 2.26. The Morgan fingerprint density at radius 1 is 1.35 bits per heavy atom. The Bertz CT molecular complexity index is 371. The van der Waals surface area contributed by atoms with Crippen LogP contribution in [0, 0.1) is 0 Å². The predicted molar refractivity (Wildman–Crippen MR) is 60.6 cm³/mol. The number of halogens is 2. The van der Waals surface area contributed by atoms with Gasteiger partial charge in [0.1, 0.15) is 5.75 Å². The van der Waals surface area contributed by atoms with E-state index in [1.807, 2.05) is 0 Å². The van der Waals surface area contributed by atoms with Crippen LogP contribution in [0.3, 0.4) is 0 Å². The topological polar surface area (TPSA) is 52.3 Å². The number of nitrogens with two attached hydrogens (primary N) is 1. The first kappa shape index (κ1) is 13.6. The van der Waals surface area contributed by atoms with Crippen LogP contribution in [0.1, 0.15) is 23.7 Å². The van der Waals surface area contributed by atoms with Crippen LogP contribution in [0.25, 0.3) is 0 Å². The number of alkyl halides is 2. The highest BCUT2D eigenvalue weighted by atomic mass is 19.3. The Morgan fingerprint density at radius 2 is 1.94 bits per heavy atom. The van der Waals surface area contributed by atoms with Gasteiger partial charge in [0.2, 0.25) is 0 Å². The van der Waals surface area contributed by atoms with Crippen LogP contribution in [0.2, 0.25) is 0 Å². The lowest BCUT2D eigenvalue weighted by Crippen LogP contribution is -2.20. The van der Waals surface area contributed by atoms with Crippen molar-refractivity contribution in [1.29, 1.82) is 0 Å². The lowest BCUT2D eigenvalue weighted by atomic mass is 10.1. The smallest absolute Gasteiger partial charge is 0.278 e. The van der Waals surface area contributed by atoms with Crippen molar-refractivity contribution in [2.45, 2.75) is 19.3 Å². The minimum Gasteiger partial charge on any atom is -0.487 e. The van der Waals surface area contributed by atoms with E-state index < -0.39 is 12.5 Å². The van der Waals surface area contributed by atoms with Crippen molar-refractivity contribution in [2.75, 3.05) is 13.2 Å². The van der Waals surface area contributed by atoms with Crippen LogP contribution >= 0.6 is 0 Å². The molecule has 3 nitrogen and oxygen atoms in total. The van der Waals surface area contributed by atoms with Crippen molar-refractivity contribution in [1.82, 2.24) is 0 Å². The summed E-state index contributed by atoms with van der Waals surface area (Å²) in [6, 6.07) is 6.08. The number of carbonyl (C=O) groups is 1. The Morgan fingerprint density at radius 3 is 2.41 bits per heavy atom. The lowest BCUT2D eigenvalue weighted by Gasteiger charge is -2.12. The van der Waals surface area contributed by atoms with Crippen LogP contribution in [0.5, 0.6) is 5.75 Å². The molecule has 2 N–H and O–H groups in total. The van der Waals surface area contributed by atoms with Gasteiger partial charge in [0.15, 0.2) is 12.4 Å². The van der Waals surface area contributed by atoms with Gasteiger partial charge in [-0.3, -0.25) is 4.79 Å². The summed E-state index contributed by atoms with van der Waals surface area (Å²) < 4.78 is 29.9. The minimum atomic E-state index is -2.87. The zero-order valence-electron chi connectivity index (χ0n) is 9.58. The summed E-state index contributed by atoms with van der Waals surface area (Å²) in [5.41, 5.74) is 5.77. The van der Waals surface area contributed by atoms with Gasteiger partial charge in [-0.1, -0.05) is 0 Å². The second kappa shape index (κ2) is 5.72. The van der Waals surface area contributed by atoms with Crippen molar-refractivity contribution < 1.29 is 18.3 Å². The quantitative estimate of drug-likeness (QED) is 0.780. The van der Waals surface area contributed by atoms with E-state index in [0.29, 0.717) is 17.9 Å². The third-order valence-corrected chi connectivity index (χ3v) is 2.04. The second-order valence-electron chi connectivity index (χ2n) is 3.85. The van der Waals surface area contributed by atoms with Gasteiger partial charge in [0.05, 0.1) is 0 Å². The number of Topliss-reactive ketones (excluding diaryl/α,β-unsaturated/α-hetero) is 1. The molecule has 0 saturated carbocycles. The summed E-state index contributed by atoms with van der Waals surface area (Å²) in [5.74, 6) is -2.62. The van der Waals surface area contributed by atoms with Gasteiger partial charge in [-0.05, 0) is 30.8 Å². The van der Waals surface area contributed by atoms with Crippen molar-refractivity contribution in [3.05, 3.63) is 29.8 Å². The van der Waals surface area contributed by atoms with Crippen LogP contribution in [0.15, 0.2) is 24.3 Å². The molecule has 0 aliphatic heterocycles. The minimum absolute atomic E-state index is 0.0696. The lowest BCUT2D eigenvalue weighted by molar-refractivity contribution is -0.0229. The molecule has 0 amide bonds. The summed E-state index contributed by atoms with van der Waals surface area (Å²) in [6.45, 7) is 0.397. The fraction of sp³-hybridized carbons (Fsp3) is 0.417. The Kier molecular flexibility index (Phi) is 4.57. The Balaban J connectivity index is 2.59. The zero-order valence-corrected chi connectivity index (χ0v) is 9.58. The number of hydrogen-bond donors (Lipinski definition) is 1. The van der Waals surface area contributed by atoms with Gasteiger partial charge >= 0.3 is 0 Å². The maximum Gasteiger partial charge on any atom is 0.278 e. The SMILES string of the molecule is CC(F)(F)COc1ccc(C(=O)CCN)cc1. The molecule has 0 atom stereocenters. The van der Waals surface area contributed by atoms with Crippen molar-refractivity contribution in [3.8, 4) is 5.75 Å². The first-order chi connectivity index (χ1) is 7.92. The zero-order chi connectivity index (χ0) is 12.9. The molecule has 0 radical (unpaired) electrons. The number of ether oxygens (including phenoxy) is 1. The van der Waals surface area contributed by atoms with E-state index >= 15 is 0 Å². The Hall–Kier alpha value is -1.49. The van der Waals surface area contributed by atoms with E-state index in [0.717, 1.165) is 6.92 Å². The highest BCUT2D eigenvalue weighted by Crippen LogP contribution is 2.17. The number of hydrogen-bond acceptors (Lipinski definition) is 3. The predicted octanol–water partition coefficient (Wildman–Crippen LogP) is 2.25. The summed E-state index contributed by atoms with van der Waals surface area (Å²) in [7, 11) is 0. The monoisotopic (exact) mass is 243 g/mol. The number of carbonyl (C=O) groups excluding carboxylic acids is 1. The molecule has 1 rings (SSSR count). The van der Waals surface area contributed by atoms with Gasteiger partial charge < -0.3 is 10.5 Å². The maximum absolute atomic E-state index is 12.5. The summed E-state index contributed by atoms with van der Waals surface area (Å²) in [4.78, 5) is 11.4. The molecule has 17 heavy (non-hydrogen) atoms. The average molecular weight is 243 g/mol. The fourth-order valence-corrected chi connectivity index (χ4v) is 1.22. The second-order valence-corrected chi connectivity index (χ2v) is 3.85. The standard InChI is InChI=1S/C12H15F2NO2/c1-12(13,14)8-17-10-4-2-9(3-5-10)11(16)6-7-15/h2-5H,6-8,15H2,1H3. The van der Waals surface area contributed by atoms with E-state index in [4.69, 9.17) is 10.5 Å². The Labute approximate surface area is 98.6 Å². The van der Waals surface area contributed by atoms with Gasteiger partial charge in [0.25, 0.3) is 5.92 Å². The normalized spacial score (nSPS) is 11.3. The van der Waals surface area contributed by atoms with Crippen LogP contribution in [-0.2, 0) is 0 Å². The molecule has 0 fully saturated rings. The molecule has 0 saturated heterocycles. The molecule has 0 aromatic heterocycles. The van der Waals surface area contributed by atoms with Gasteiger partial charge in [-0.25, -0.2) is 8.78 Å². The van der Waals surface area contributed by atoms with E-state index in [1.165, 1.54) is 12.1 Å². The van der Waals surface area contributed by atoms with Crippen molar-refractivity contribution in [2.24, 2.45) is 5.73 Å². The number of ketones is 1. The van der Waals surface area contributed by atoms with Crippen LogP contribution in [-0.4, -0.2) is 24.9 Å². The maximum atomic E-state index is 12.5. The van der Waals surface area contributed by atoms with E-state index in [1.54, 1.807) is 12.1 Å².